The van der Waals surface area contributed by atoms with Crippen molar-refractivity contribution < 1.29 is 19.4 Å². The Morgan fingerprint density at radius 3 is 2.76 bits per heavy atom. The average Bonchev–Trinajstić information content (AvgIpc) is 2.30. The van der Waals surface area contributed by atoms with Crippen LogP contribution in [0.2, 0.25) is 0 Å². The second-order valence-corrected chi connectivity index (χ2v) is 4.16. The molecule has 0 aromatic heterocycles. The molecule has 1 heterocycles. The molecule has 0 unspecified atom stereocenters. The minimum atomic E-state index is -1.25. The Hall–Kier alpha value is -1.62. The van der Waals surface area contributed by atoms with E-state index in [2.05, 4.69) is 5.32 Å². The highest BCUT2D eigenvalue weighted by atomic mass is 19.1. The fourth-order valence-corrected chi connectivity index (χ4v) is 2.19. The van der Waals surface area contributed by atoms with Crippen molar-refractivity contribution in [2.75, 3.05) is 6.54 Å². The van der Waals surface area contributed by atoms with Crippen molar-refractivity contribution in [2.24, 2.45) is 0 Å². The van der Waals surface area contributed by atoms with Crippen molar-refractivity contribution >= 4 is 5.97 Å². The Morgan fingerprint density at radius 1 is 1.41 bits per heavy atom. The first-order chi connectivity index (χ1) is 8.11. The van der Waals surface area contributed by atoms with Crippen molar-refractivity contribution in [1.82, 2.24) is 5.32 Å². The first kappa shape index (κ1) is 11.9. The Bertz CT molecular complexity index is 442. The topological polar surface area (TPSA) is 69.6 Å². The number of aromatic hydroxyl groups is 1. The maximum Gasteiger partial charge on any atom is 0.339 e. The molecule has 1 saturated heterocycles. The third kappa shape index (κ3) is 2.24. The average molecular weight is 239 g/mol. The van der Waals surface area contributed by atoms with Gasteiger partial charge in [-0.25, -0.2) is 9.18 Å². The fraction of sp³-hybridized carbons (Fsp3) is 0.417. The van der Waals surface area contributed by atoms with E-state index >= 15 is 0 Å². The monoisotopic (exact) mass is 239 g/mol. The van der Waals surface area contributed by atoms with E-state index in [1.54, 1.807) is 0 Å². The summed E-state index contributed by atoms with van der Waals surface area (Å²) in [7, 11) is 0. The second-order valence-electron chi connectivity index (χ2n) is 4.16. The molecule has 1 aliphatic rings. The highest BCUT2D eigenvalue weighted by Gasteiger charge is 2.25. The van der Waals surface area contributed by atoms with E-state index in [1.807, 2.05) is 0 Å². The molecular formula is C12H14FNO3. The molecule has 5 heteroatoms. The molecule has 1 atom stereocenters. The first-order valence-electron chi connectivity index (χ1n) is 5.59. The number of carboxylic acid groups (broad SMARTS) is 1. The Balaban J connectivity index is 2.43. The van der Waals surface area contributed by atoms with Gasteiger partial charge in [-0.15, -0.1) is 0 Å². The smallest absolute Gasteiger partial charge is 0.339 e. The van der Waals surface area contributed by atoms with E-state index in [9.17, 15) is 14.3 Å². The summed E-state index contributed by atoms with van der Waals surface area (Å²) in [6.45, 7) is 0.751. The molecule has 0 aliphatic carbocycles. The number of halogens is 1. The van der Waals surface area contributed by atoms with Crippen LogP contribution in [0.25, 0.3) is 0 Å². The summed E-state index contributed by atoms with van der Waals surface area (Å²) in [5.74, 6) is -2.27. The summed E-state index contributed by atoms with van der Waals surface area (Å²) in [5.41, 5.74) is -0.182. The van der Waals surface area contributed by atoms with Gasteiger partial charge in [0, 0.05) is 11.6 Å². The van der Waals surface area contributed by atoms with Gasteiger partial charge >= 0.3 is 5.97 Å². The summed E-state index contributed by atoms with van der Waals surface area (Å²) in [6, 6.07) is 1.87. The predicted molar refractivity (Wildman–Crippen MR) is 59.6 cm³/mol. The molecule has 3 N–H and O–H groups in total. The predicted octanol–water partition coefficient (Wildman–Crippen LogP) is 2.04. The standard InChI is InChI=1S/C12H14FNO3/c13-8-5-4-7(12(16)17)11(15)10(8)9-3-1-2-6-14-9/h4-5,9,14-15H,1-3,6H2,(H,16,17)/t9-/m0/s1. The third-order valence-corrected chi connectivity index (χ3v) is 3.05. The minimum Gasteiger partial charge on any atom is -0.507 e. The molecular weight excluding hydrogens is 225 g/mol. The van der Waals surface area contributed by atoms with Crippen molar-refractivity contribution in [3.05, 3.63) is 29.1 Å². The summed E-state index contributed by atoms with van der Waals surface area (Å²) in [5, 5.41) is 21.8. The zero-order valence-electron chi connectivity index (χ0n) is 9.24. The van der Waals surface area contributed by atoms with Crippen LogP contribution in [0.1, 0.15) is 41.2 Å². The lowest BCUT2D eigenvalue weighted by Crippen LogP contribution is -2.27. The van der Waals surface area contributed by atoms with Gasteiger partial charge in [-0.3, -0.25) is 0 Å². The molecule has 1 aliphatic heterocycles. The van der Waals surface area contributed by atoms with E-state index in [0.29, 0.717) is 6.42 Å². The van der Waals surface area contributed by atoms with Crippen molar-refractivity contribution in [3.63, 3.8) is 0 Å². The van der Waals surface area contributed by atoms with Gasteiger partial charge in [0.05, 0.1) is 0 Å². The molecule has 0 amide bonds. The number of benzene rings is 1. The quantitative estimate of drug-likeness (QED) is 0.738. The van der Waals surface area contributed by atoms with Gasteiger partial charge in [-0.2, -0.15) is 0 Å². The van der Waals surface area contributed by atoms with Crippen LogP contribution in [0.5, 0.6) is 5.75 Å². The van der Waals surface area contributed by atoms with Crippen LogP contribution in [-0.4, -0.2) is 22.7 Å². The Kier molecular flexibility index (Phi) is 3.28. The number of nitrogens with one attached hydrogen (secondary N) is 1. The summed E-state index contributed by atoms with van der Waals surface area (Å²) < 4.78 is 13.7. The van der Waals surface area contributed by atoms with Gasteiger partial charge in [0.1, 0.15) is 17.1 Å². The number of carboxylic acids is 1. The number of carbonyl (C=O) groups is 1. The van der Waals surface area contributed by atoms with E-state index < -0.39 is 17.5 Å². The van der Waals surface area contributed by atoms with E-state index in [0.717, 1.165) is 31.5 Å². The van der Waals surface area contributed by atoms with Crippen molar-refractivity contribution in [3.8, 4) is 5.75 Å². The molecule has 1 aromatic carbocycles. The number of phenols is 1. The van der Waals surface area contributed by atoms with Crippen molar-refractivity contribution in [2.45, 2.75) is 25.3 Å². The molecule has 1 fully saturated rings. The third-order valence-electron chi connectivity index (χ3n) is 3.05. The SMILES string of the molecule is O=C(O)c1ccc(F)c([C@@H]2CCCCN2)c1O. The van der Waals surface area contributed by atoms with E-state index in [1.165, 1.54) is 0 Å². The number of aromatic carboxylic acids is 1. The van der Waals surface area contributed by atoms with Crippen LogP contribution in [0.15, 0.2) is 12.1 Å². The molecule has 17 heavy (non-hydrogen) atoms. The lowest BCUT2D eigenvalue weighted by molar-refractivity contribution is 0.0693. The largest absolute Gasteiger partial charge is 0.507 e. The summed E-state index contributed by atoms with van der Waals surface area (Å²) >= 11 is 0. The van der Waals surface area contributed by atoms with Crippen LogP contribution in [0.4, 0.5) is 4.39 Å². The minimum absolute atomic E-state index is 0.0737. The maximum absolute atomic E-state index is 13.7. The lowest BCUT2D eigenvalue weighted by Gasteiger charge is -2.25. The molecule has 0 bridgehead atoms. The van der Waals surface area contributed by atoms with Gasteiger partial charge in [0.15, 0.2) is 0 Å². The normalized spacial score (nSPS) is 20.2. The molecule has 0 saturated carbocycles. The van der Waals surface area contributed by atoms with Gasteiger partial charge in [0.2, 0.25) is 0 Å². The van der Waals surface area contributed by atoms with Gasteiger partial charge in [-0.1, -0.05) is 6.42 Å². The van der Waals surface area contributed by atoms with Crippen LogP contribution < -0.4 is 5.32 Å². The zero-order valence-corrected chi connectivity index (χ0v) is 9.24. The number of hydrogen-bond donors (Lipinski definition) is 3. The maximum atomic E-state index is 13.7. The highest BCUT2D eigenvalue weighted by Crippen LogP contribution is 2.34. The molecule has 0 spiro atoms. The van der Waals surface area contributed by atoms with Gasteiger partial charge in [0.25, 0.3) is 0 Å². The molecule has 92 valence electrons. The number of piperidine rings is 1. The first-order valence-corrected chi connectivity index (χ1v) is 5.59. The van der Waals surface area contributed by atoms with Crippen LogP contribution in [0, 0.1) is 5.82 Å². The number of hydrogen-bond acceptors (Lipinski definition) is 3. The van der Waals surface area contributed by atoms with E-state index in [4.69, 9.17) is 5.11 Å². The van der Waals surface area contributed by atoms with Crippen LogP contribution in [0.3, 0.4) is 0 Å². The van der Waals surface area contributed by atoms with Crippen molar-refractivity contribution in [1.29, 1.82) is 0 Å². The van der Waals surface area contributed by atoms with Gasteiger partial charge in [-0.05, 0) is 31.5 Å². The van der Waals surface area contributed by atoms with Gasteiger partial charge < -0.3 is 15.5 Å². The molecule has 0 radical (unpaired) electrons. The highest BCUT2D eigenvalue weighted by molar-refractivity contribution is 5.91. The van der Waals surface area contributed by atoms with Crippen LogP contribution >= 0.6 is 0 Å². The van der Waals surface area contributed by atoms with E-state index in [-0.39, 0.29) is 17.2 Å². The summed E-state index contributed by atoms with van der Waals surface area (Å²) in [6.07, 6.45) is 2.65. The molecule has 1 aromatic rings. The molecule has 2 rings (SSSR count). The summed E-state index contributed by atoms with van der Waals surface area (Å²) in [4.78, 5) is 10.9. The Labute approximate surface area is 98.1 Å². The molecule has 4 nitrogen and oxygen atoms in total. The Morgan fingerprint density at radius 2 is 2.18 bits per heavy atom. The number of rotatable bonds is 2. The second kappa shape index (κ2) is 4.71. The fourth-order valence-electron chi connectivity index (χ4n) is 2.19. The van der Waals surface area contributed by atoms with Crippen LogP contribution in [-0.2, 0) is 0 Å². The lowest BCUT2D eigenvalue weighted by atomic mass is 9.94. The zero-order chi connectivity index (χ0) is 12.4.